The molecule has 0 fully saturated rings. The zero-order chi connectivity index (χ0) is 22.6. The zero-order valence-corrected chi connectivity index (χ0v) is 18.3. The molecule has 31 heavy (non-hydrogen) atoms. The molecule has 0 saturated carbocycles. The second-order valence-electron chi connectivity index (χ2n) is 6.55. The number of hydrogen-bond donors (Lipinski definition) is 2. The number of rotatable bonds is 7. The van der Waals surface area contributed by atoms with Crippen molar-refractivity contribution >= 4 is 31.4 Å². The second-order valence-corrected chi connectivity index (χ2v) is 9.92. The predicted octanol–water partition coefficient (Wildman–Crippen LogP) is 3.48. The Morgan fingerprint density at radius 3 is 1.97 bits per heavy atom. The molecule has 2 N–H and O–H groups in total. The van der Waals surface area contributed by atoms with Gasteiger partial charge in [-0.05, 0) is 73.2 Å². The van der Waals surface area contributed by atoms with E-state index in [-0.39, 0.29) is 15.5 Å². The number of nitriles is 1. The van der Waals surface area contributed by atoms with Crippen LogP contribution in [-0.4, -0.2) is 23.9 Å². The lowest BCUT2D eigenvalue weighted by atomic mass is 10.2. The highest BCUT2D eigenvalue weighted by atomic mass is 32.2. The Morgan fingerprint density at radius 1 is 0.806 bits per heavy atom. The number of hydrogen-bond acceptors (Lipinski definition) is 6. The van der Waals surface area contributed by atoms with Crippen LogP contribution in [0.25, 0.3) is 0 Å². The molecule has 0 aliphatic heterocycles. The van der Waals surface area contributed by atoms with Gasteiger partial charge < -0.3 is 4.74 Å². The molecular weight excluding hydrogens is 438 g/mol. The molecule has 0 unspecified atom stereocenters. The molecule has 0 radical (unpaired) electrons. The Labute approximate surface area is 181 Å². The van der Waals surface area contributed by atoms with E-state index in [2.05, 4.69) is 9.44 Å². The SMILES string of the molecule is COc1ccc(NS(=O)(=O)c2ccc(C)c(NS(=O)(=O)c3ccc(C#N)cc3)c2)cc1. The molecule has 3 rings (SSSR count). The quantitative estimate of drug-likeness (QED) is 0.560. The number of aryl methyl sites for hydroxylation is 1. The van der Waals surface area contributed by atoms with Crippen LogP contribution in [0.2, 0.25) is 0 Å². The monoisotopic (exact) mass is 457 g/mol. The van der Waals surface area contributed by atoms with Crippen molar-refractivity contribution in [3.63, 3.8) is 0 Å². The number of methoxy groups -OCH3 is 1. The van der Waals surface area contributed by atoms with Crippen molar-refractivity contribution in [2.75, 3.05) is 16.6 Å². The van der Waals surface area contributed by atoms with E-state index in [1.807, 2.05) is 6.07 Å². The van der Waals surface area contributed by atoms with Gasteiger partial charge in [-0.25, -0.2) is 16.8 Å². The molecule has 0 atom stereocenters. The number of ether oxygens (including phenoxy) is 1. The maximum atomic E-state index is 12.8. The molecule has 8 nitrogen and oxygen atoms in total. The van der Waals surface area contributed by atoms with Gasteiger partial charge in [-0.3, -0.25) is 9.44 Å². The summed E-state index contributed by atoms with van der Waals surface area (Å²) in [6.45, 7) is 1.66. The summed E-state index contributed by atoms with van der Waals surface area (Å²) in [5.41, 5.74) is 1.33. The van der Waals surface area contributed by atoms with Crippen LogP contribution in [0.5, 0.6) is 5.75 Å². The highest BCUT2D eigenvalue weighted by Gasteiger charge is 2.19. The lowest BCUT2D eigenvalue weighted by molar-refractivity contribution is 0.415. The average Bonchev–Trinajstić information content (AvgIpc) is 2.75. The van der Waals surface area contributed by atoms with Crippen molar-refractivity contribution in [2.45, 2.75) is 16.7 Å². The minimum Gasteiger partial charge on any atom is -0.497 e. The Hall–Kier alpha value is -3.55. The van der Waals surface area contributed by atoms with Crippen LogP contribution in [0.3, 0.4) is 0 Å². The maximum absolute atomic E-state index is 12.8. The van der Waals surface area contributed by atoms with Gasteiger partial charge in [-0.1, -0.05) is 6.07 Å². The summed E-state index contributed by atoms with van der Waals surface area (Å²) in [6, 6.07) is 17.8. The van der Waals surface area contributed by atoms with E-state index in [0.29, 0.717) is 22.6 Å². The molecule has 3 aromatic rings. The molecule has 160 valence electrons. The van der Waals surface area contributed by atoms with Crippen molar-refractivity contribution in [1.82, 2.24) is 0 Å². The fourth-order valence-corrected chi connectivity index (χ4v) is 4.87. The molecule has 0 spiro atoms. The first-order valence-corrected chi connectivity index (χ1v) is 11.9. The van der Waals surface area contributed by atoms with Gasteiger partial charge in [0, 0.05) is 5.69 Å². The molecule has 0 heterocycles. The minimum absolute atomic E-state index is 0.0458. The van der Waals surface area contributed by atoms with Crippen LogP contribution < -0.4 is 14.2 Å². The van der Waals surface area contributed by atoms with Crippen LogP contribution in [0, 0.1) is 18.3 Å². The van der Waals surface area contributed by atoms with Gasteiger partial charge in [-0.15, -0.1) is 0 Å². The summed E-state index contributed by atoms with van der Waals surface area (Å²) in [7, 11) is -6.44. The van der Waals surface area contributed by atoms with Gasteiger partial charge in [-0.2, -0.15) is 5.26 Å². The van der Waals surface area contributed by atoms with Crippen LogP contribution >= 0.6 is 0 Å². The van der Waals surface area contributed by atoms with Crippen LogP contribution in [-0.2, 0) is 20.0 Å². The van der Waals surface area contributed by atoms with Crippen molar-refractivity contribution in [2.24, 2.45) is 0 Å². The van der Waals surface area contributed by atoms with Crippen molar-refractivity contribution in [3.05, 3.63) is 77.9 Å². The average molecular weight is 458 g/mol. The molecular formula is C21H19N3O5S2. The lowest BCUT2D eigenvalue weighted by Crippen LogP contribution is -2.16. The first-order valence-electron chi connectivity index (χ1n) is 8.95. The standard InChI is InChI=1S/C21H19N3O5S2/c1-15-3-10-20(31(27,28)23-17-6-8-18(29-2)9-7-17)13-21(15)24-30(25,26)19-11-4-16(14-22)5-12-19/h3-13,23-24H,1-2H3. The normalized spacial score (nSPS) is 11.4. The highest BCUT2D eigenvalue weighted by Crippen LogP contribution is 2.25. The molecule has 0 aromatic heterocycles. The van der Waals surface area contributed by atoms with E-state index >= 15 is 0 Å². The number of benzene rings is 3. The van der Waals surface area contributed by atoms with Gasteiger partial charge >= 0.3 is 0 Å². The molecule has 0 saturated heterocycles. The second kappa shape index (κ2) is 8.67. The molecule has 3 aromatic carbocycles. The number of nitrogens with one attached hydrogen (secondary N) is 2. The van der Waals surface area contributed by atoms with Crippen LogP contribution in [0.1, 0.15) is 11.1 Å². The van der Waals surface area contributed by atoms with Gasteiger partial charge in [0.15, 0.2) is 0 Å². The van der Waals surface area contributed by atoms with Gasteiger partial charge in [0.25, 0.3) is 20.0 Å². The van der Waals surface area contributed by atoms with E-state index in [1.165, 1.54) is 49.6 Å². The molecule has 0 aliphatic carbocycles. The minimum atomic E-state index is -3.98. The number of sulfonamides is 2. The van der Waals surface area contributed by atoms with Crippen molar-refractivity contribution < 1.29 is 21.6 Å². The van der Waals surface area contributed by atoms with E-state index in [0.717, 1.165) is 0 Å². The van der Waals surface area contributed by atoms with E-state index < -0.39 is 20.0 Å². The van der Waals surface area contributed by atoms with Crippen molar-refractivity contribution in [1.29, 1.82) is 5.26 Å². The summed E-state index contributed by atoms with van der Waals surface area (Å²) in [5.74, 6) is 0.581. The first-order chi connectivity index (χ1) is 14.6. The highest BCUT2D eigenvalue weighted by molar-refractivity contribution is 7.93. The third kappa shape index (κ3) is 5.14. The third-order valence-electron chi connectivity index (χ3n) is 4.40. The van der Waals surface area contributed by atoms with Crippen LogP contribution in [0.15, 0.2) is 76.5 Å². The summed E-state index contributed by atoms with van der Waals surface area (Å²) >= 11 is 0. The van der Waals surface area contributed by atoms with Crippen LogP contribution in [0.4, 0.5) is 11.4 Å². The molecule has 0 bridgehead atoms. The third-order valence-corrected chi connectivity index (χ3v) is 7.16. The van der Waals surface area contributed by atoms with Crippen molar-refractivity contribution in [3.8, 4) is 11.8 Å². The van der Waals surface area contributed by atoms with E-state index in [1.54, 1.807) is 31.2 Å². The molecule has 10 heteroatoms. The summed E-state index contributed by atoms with van der Waals surface area (Å²) in [6.07, 6.45) is 0. The Balaban J connectivity index is 1.88. The fraction of sp³-hybridized carbons (Fsp3) is 0.0952. The van der Waals surface area contributed by atoms with E-state index in [4.69, 9.17) is 10.00 Å². The summed E-state index contributed by atoms with van der Waals surface area (Å²) in [5, 5.41) is 8.86. The van der Waals surface area contributed by atoms with E-state index in [9.17, 15) is 16.8 Å². The number of anilines is 2. The number of nitrogens with zero attached hydrogens (tertiary/aromatic N) is 1. The lowest BCUT2D eigenvalue weighted by Gasteiger charge is -2.14. The fourth-order valence-electron chi connectivity index (χ4n) is 2.66. The smallest absolute Gasteiger partial charge is 0.261 e. The largest absolute Gasteiger partial charge is 0.497 e. The van der Waals surface area contributed by atoms with Gasteiger partial charge in [0.2, 0.25) is 0 Å². The Morgan fingerprint density at radius 2 is 1.39 bits per heavy atom. The molecule has 0 amide bonds. The summed E-state index contributed by atoms with van der Waals surface area (Å²) < 4.78 is 60.9. The predicted molar refractivity (Wildman–Crippen MR) is 117 cm³/mol. The maximum Gasteiger partial charge on any atom is 0.261 e. The Bertz CT molecular complexity index is 1340. The topological polar surface area (TPSA) is 125 Å². The zero-order valence-electron chi connectivity index (χ0n) is 16.7. The first kappa shape index (κ1) is 22.1. The van der Waals surface area contributed by atoms with Gasteiger partial charge in [0.05, 0.1) is 34.2 Å². The molecule has 0 aliphatic rings. The van der Waals surface area contributed by atoms with Gasteiger partial charge in [0.1, 0.15) is 5.75 Å². The Kier molecular flexibility index (Phi) is 6.19. The summed E-state index contributed by atoms with van der Waals surface area (Å²) in [4.78, 5) is -0.151.